The standard InChI is InChI=1S/C12H8N2S3/c1-7-11(17-12(15)16-7)10-6-13-8-4-2-3-5-9(8)14-10/h2-6H,1H3. The molecule has 17 heavy (non-hydrogen) atoms. The van der Waals surface area contributed by atoms with Crippen LogP contribution in [0.1, 0.15) is 4.88 Å². The highest BCUT2D eigenvalue weighted by Gasteiger charge is 2.08. The predicted octanol–water partition coefficient (Wildman–Crippen LogP) is 4.46. The zero-order chi connectivity index (χ0) is 11.8. The summed E-state index contributed by atoms with van der Waals surface area (Å²) in [5, 5.41) is 0. The number of benzene rings is 1. The highest BCUT2D eigenvalue weighted by atomic mass is 32.2. The predicted molar refractivity (Wildman–Crippen MR) is 76.3 cm³/mol. The lowest BCUT2D eigenvalue weighted by atomic mass is 10.3. The van der Waals surface area contributed by atoms with Gasteiger partial charge in [0.05, 0.1) is 22.1 Å². The third kappa shape index (κ3) is 2.01. The SMILES string of the molecule is Cc1sc(=S)sc1-c1cnc2ccccc2n1. The van der Waals surface area contributed by atoms with Crippen LogP contribution >= 0.6 is 34.9 Å². The summed E-state index contributed by atoms with van der Waals surface area (Å²) in [7, 11) is 0. The smallest absolute Gasteiger partial charge is 0.144 e. The third-order valence-corrected chi connectivity index (χ3v) is 5.12. The molecule has 0 saturated heterocycles. The van der Waals surface area contributed by atoms with E-state index < -0.39 is 0 Å². The molecule has 0 unspecified atom stereocenters. The highest BCUT2D eigenvalue weighted by molar-refractivity contribution is 7.76. The summed E-state index contributed by atoms with van der Waals surface area (Å²) < 4.78 is 0.937. The monoisotopic (exact) mass is 276 g/mol. The van der Waals surface area contributed by atoms with E-state index >= 15 is 0 Å². The Labute approximate surface area is 112 Å². The van der Waals surface area contributed by atoms with Crippen molar-refractivity contribution in [1.29, 1.82) is 0 Å². The molecule has 0 atom stereocenters. The van der Waals surface area contributed by atoms with Crippen molar-refractivity contribution >= 4 is 45.9 Å². The summed E-state index contributed by atoms with van der Waals surface area (Å²) in [5.74, 6) is 0. The molecule has 0 fully saturated rings. The maximum absolute atomic E-state index is 5.21. The van der Waals surface area contributed by atoms with E-state index in [0.717, 1.165) is 24.7 Å². The molecule has 84 valence electrons. The number of rotatable bonds is 1. The van der Waals surface area contributed by atoms with E-state index in [9.17, 15) is 0 Å². The minimum atomic E-state index is 0.915. The fourth-order valence-corrected chi connectivity index (χ4v) is 4.27. The van der Waals surface area contributed by atoms with Gasteiger partial charge in [-0.25, -0.2) is 4.98 Å². The molecule has 1 aromatic carbocycles. The quantitative estimate of drug-likeness (QED) is 0.614. The molecular weight excluding hydrogens is 268 g/mol. The molecule has 2 nitrogen and oxygen atoms in total. The lowest BCUT2D eigenvalue weighted by Gasteiger charge is -2.00. The number of aryl methyl sites for hydroxylation is 1. The molecule has 0 bridgehead atoms. The van der Waals surface area contributed by atoms with Gasteiger partial charge in [0.25, 0.3) is 0 Å². The Balaban J connectivity index is 2.24. The second-order valence-corrected chi connectivity index (χ2v) is 7.01. The van der Waals surface area contributed by atoms with Crippen molar-refractivity contribution in [3.8, 4) is 10.6 Å². The average molecular weight is 276 g/mol. The van der Waals surface area contributed by atoms with Crippen molar-refractivity contribution in [3.05, 3.63) is 38.5 Å². The minimum Gasteiger partial charge on any atom is -0.252 e. The molecular formula is C12H8N2S3. The number of fused-ring (bicyclic) bond motifs is 1. The van der Waals surface area contributed by atoms with Gasteiger partial charge in [-0.15, -0.1) is 22.7 Å². The molecule has 3 aromatic rings. The first-order chi connectivity index (χ1) is 8.24. The molecule has 0 spiro atoms. The number of nitrogens with zero attached hydrogens (tertiary/aromatic N) is 2. The zero-order valence-corrected chi connectivity index (χ0v) is 11.5. The van der Waals surface area contributed by atoms with Crippen LogP contribution in [0.25, 0.3) is 21.6 Å². The van der Waals surface area contributed by atoms with Gasteiger partial charge in [-0.2, -0.15) is 0 Å². The molecule has 0 radical (unpaired) electrons. The van der Waals surface area contributed by atoms with Crippen molar-refractivity contribution < 1.29 is 0 Å². The fraction of sp³-hybridized carbons (Fsp3) is 0.0833. The minimum absolute atomic E-state index is 0.915. The lowest BCUT2D eigenvalue weighted by Crippen LogP contribution is -1.87. The molecule has 2 aromatic heterocycles. The summed E-state index contributed by atoms with van der Waals surface area (Å²) in [4.78, 5) is 11.4. The molecule has 0 aliphatic carbocycles. The summed E-state index contributed by atoms with van der Waals surface area (Å²) >= 11 is 8.45. The largest absolute Gasteiger partial charge is 0.252 e. The second-order valence-electron chi connectivity index (χ2n) is 3.58. The van der Waals surface area contributed by atoms with E-state index in [4.69, 9.17) is 12.2 Å². The molecule has 3 rings (SSSR count). The van der Waals surface area contributed by atoms with E-state index in [0.29, 0.717) is 0 Å². The van der Waals surface area contributed by atoms with E-state index in [1.807, 2.05) is 30.5 Å². The zero-order valence-electron chi connectivity index (χ0n) is 9.01. The van der Waals surface area contributed by atoms with Gasteiger partial charge in [-0.1, -0.05) is 24.4 Å². The van der Waals surface area contributed by atoms with Gasteiger partial charge in [0.2, 0.25) is 0 Å². The van der Waals surface area contributed by atoms with Crippen LogP contribution in [0.5, 0.6) is 0 Å². The molecule has 0 amide bonds. The number of aromatic nitrogens is 2. The van der Waals surface area contributed by atoms with Crippen LogP contribution in [0.4, 0.5) is 0 Å². The van der Waals surface area contributed by atoms with E-state index in [2.05, 4.69) is 16.9 Å². The molecule has 0 aliphatic heterocycles. The van der Waals surface area contributed by atoms with E-state index in [-0.39, 0.29) is 0 Å². The summed E-state index contributed by atoms with van der Waals surface area (Å²) in [6, 6.07) is 7.89. The van der Waals surface area contributed by atoms with Crippen LogP contribution in [0.3, 0.4) is 0 Å². The van der Waals surface area contributed by atoms with E-state index in [1.54, 1.807) is 22.7 Å². The Bertz CT molecular complexity index is 743. The first kappa shape index (κ1) is 11.0. The Morgan fingerprint density at radius 3 is 2.59 bits per heavy atom. The lowest BCUT2D eigenvalue weighted by molar-refractivity contribution is 1.30. The third-order valence-electron chi connectivity index (χ3n) is 2.42. The molecule has 0 N–H and O–H groups in total. The van der Waals surface area contributed by atoms with Crippen LogP contribution in [0, 0.1) is 10.1 Å². The molecule has 2 heterocycles. The van der Waals surface area contributed by atoms with Gasteiger partial charge in [0.1, 0.15) is 8.83 Å². The summed E-state index contributed by atoms with van der Waals surface area (Å²) in [6.07, 6.45) is 1.82. The van der Waals surface area contributed by atoms with Crippen molar-refractivity contribution in [1.82, 2.24) is 9.97 Å². The Hall–Kier alpha value is -1.17. The second kappa shape index (κ2) is 4.25. The number of hydrogen-bond donors (Lipinski definition) is 0. The Morgan fingerprint density at radius 2 is 1.88 bits per heavy atom. The highest BCUT2D eigenvalue weighted by Crippen LogP contribution is 2.32. The van der Waals surface area contributed by atoms with Crippen LogP contribution in [-0.4, -0.2) is 9.97 Å². The first-order valence-corrected chi connectivity index (χ1v) is 7.11. The van der Waals surface area contributed by atoms with Gasteiger partial charge in [0.15, 0.2) is 0 Å². The summed E-state index contributed by atoms with van der Waals surface area (Å²) in [5.41, 5.74) is 2.76. The van der Waals surface area contributed by atoms with Crippen molar-refractivity contribution in [2.75, 3.05) is 0 Å². The molecule has 5 heteroatoms. The fourth-order valence-electron chi connectivity index (χ4n) is 1.65. The van der Waals surface area contributed by atoms with Crippen LogP contribution in [0.15, 0.2) is 30.5 Å². The van der Waals surface area contributed by atoms with Crippen molar-refractivity contribution in [3.63, 3.8) is 0 Å². The van der Waals surface area contributed by atoms with E-state index in [1.165, 1.54) is 4.88 Å². The van der Waals surface area contributed by atoms with Crippen LogP contribution < -0.4 is 0 Å². The molecule has 0 saturated carbocycles. The topological polar surface area (TPSA) is 25.8 Å². The van der Waals surface area contributed by atoms with Crippen LogP contribution in [0.2, 0.25) is 0 Å². The normalized spacial score (nSPS) is 10.9. The van der Waals surface area contributed by atoms with Gasteiger partial charge >= 0.3 is 0 Å². The summed E-state index contributed by atoms with van der Waals surface area (Å²) in [6.45, 7) is 2.07. The number of para-hydroxylation sites is 2. The van der Waals surface area contributed by atoms with Gasteiger partial charge in [0, 0.05) is 4.88 Å². The maximum Gasteiger partial charge on any atom is 0.144 e. The van der Waals surface area contributed by atoms with Gasteiger partial charge < -0.3 is 0 Å². The average Bonchev–Trinajstić information content (AvgIpc) is 2.68. The number of hydrogen-bond acceptors (Lipinski definition) is 5. The first-order valence-electron chi connectivity index (χ1n) is 5.07. The van der Waals surface area contributed by atoms with Gasteiger partial charge in [-0.3, -0.25) is 4.98 Å². The Kier molecular flexibility index (Phi) is 2.74. The van der Waals surface area contributed by atoms with Gasteiger partial charge in [-0.05, 0) is 19.1 Å². The maximum atomic E-state index is 5.21. The van der Waals surface area contributed by atoms with Crippen LogP contribution in [-0.2, 0) is 0 Å². The molecule has 0 aliphatic rings. The Morgan fingerprint density at radius 1 is 1.12 bits per heavy atom. The van der Waals surface area contributed by atoms with Crippen molar-refractivity contribution in [2.24, 2.45) is 0 Å². The van der Waals surface area contributed by atoms with Crippen molar-refractivity contribution in [2.45, 2.75) is 6.92 Å².